The molecule has 84 valence electrons. The molecule has 2 rings (SSSR count). The first-order chi connectivity index (χ1) is 7.08. The molecule has 0 spiro atoms. The van der Waals surface area contributed by atoms with Crippen LogP contribution in [0.1, 0.15) is 25.8 Å². The van der Waals surface area contributed by atoms with Gasteiger partial charge >= 0.3 is 0 Å². The van der Waals surface area contributed by atoms with Crippen molar-refractivity contribution in [3.8, 4) is 0 Å². The van der Waals surface area contributed by atoms with Crippen LogP contribution in [0.2, 0.25) is 4.47 Å². The highest BCUT2D eigenvalue weighted by Gasteiger charge is 2.33. The maximum absolute atomic E-state index is 5.77. The van der Waals surface area contributed by atoms with Gasteiger partial charge in [-0.2, -0.15) is 0 Å². The number of halogens is 1. The number of likely N-dealkylation sites (tertiary alicyclic amines) is 1. The third-order valence-corrected chi connectivity index (χ3v) is 4.54. The predicted octanol–water partition coefficient (Wildman–Crippen LogP) is 2.67. The lowest BCUT2D eigenvalue weighted by Gasteiger charge is -2.21. The Bertz CT molecular complexity index is 341. The second-order valence-corrected chi connectivity index (χ2v) is 6.10. The lowest BCUT2D eigenvalue weighted by Crippen LogP contribution is -2.28. The topological polar surface area (TPSA) is 29.0 Å². The zero-order valence-electron chi connectivity index (χ0n) is 9.27. The van der Waals surface area contributed by atoms with E-state index in [-0.39, 0.29) is 0 Å². The summed E-state index contributed by atoms with van der Waals surface area (Å²) in [6, 6.07) is 0.627. The minimum atomic E-state index is 0.540. The number of hydrogen-bond acceptors (Lipinski definition) is 4. The quantitative estimate of drug-likeness (QED) is 0.802. The molecule has 0 radical (unpaired) electrons. The van der Waals surface area contributed by atoms with Gasteiger partial charge in [0.1, 0.15) is 5.01 Å². The third kappa shape index (κ3) is 2.32. The molecule has 2 heterocycles. The number of nitrogens with zero attached hydrogens (tertiary/aromatic N) is 3. The molecule has 1 aliphatic heterocycles. The van der Waals surface area contributed by atoms with Gasteiger partial charge in [0.2, 0.25) is 4.47 Å². The van der Waals surface area contributed by atoms with Crippen molar-refractivity contribution in [2.75, 3.05) is 6.54 Å². The monoisotopic (exact) mass is 245 g/mol. The molecule has 0 bridgehead atoms. The zero-order valence-corrected chi connectivity index (χ0v) is 10.8. The molecule has 3 unspecified atom stereocenters. The van der Waals surface area contributed by atoms with Gasteiger partial charge < -0.3 is 0 Å². The molecule has 15 heavy (non-hydrogen) atoms. The van der Waals surface area contributed by atoms with E-state index >= 15 is 0 Å². The normalized spacial score (nSPS) is 32.4. The van der Waals surface area contributed by atoms with Crippen LogP contribution in [-0.2, 0) is 6.54 Å². The van der Waals surface area contributed by atoms with Crippen LogP contribution in [0.3, 0.4) is 0 Å². The lowest BCUT2D eigenvalue weighted by atomic mass is 9.95. The highest BCUT2D eigenvalue weighted by molar-refractivity contribution is 7.15. The van der Waals surface area contributed by atoms with Gasteiger partial charge in [0, 0.05) is 12.6 Å². The minimum Gasteiger partial charge on any atom is -0.293 e. The Morgan fingerprint density at radius 2 is 2.13 bits per heavy atom. The molecular formula is C10H16ClN3S. The van der Waals surface area contributed by atoms with E-state index < -0.39 is 0 Å². The average molecular weight is 246 g/mol. The fraction of sp³-hybridized carbons (Fsp3) is 0.800. The fourth-order valence-corrected chi connectivity index (χ4v) is 3.08. The molecule has 0 N–H and O–H groups in total. The molecule has 5 heteroatoms. The summed E-state index contributed by atoms with van der Waals surface area (Å²) in [6.07, 6.45) is 0. The van der Waals surface area contributed by atoms with E-state index in [1.165, 1.54) is 11.3 Å². The number of hydrogen-bond donors (Lipinski definition) is 0. The van der Waals surface area contributed by atoms with E-state index in [0.717, 1.165) is 29.9 Å². The van der Waals surface area contributed by atoms with Crippen molar-refractivity contribution in [2.45, 2.75) is 33.4 Å². The maximum atomic E-state index is 5.77. The van der Waals surface area contributed by atoms with E-state index in [4.69, 9.17) is 11.6 Å². The maximum Gasteiger partial charge on any atom is 0.207 e. The van der Waals surface area contributed by atoms with Crippen molar-refractivity contribution < 1.29 is 0 Å². The van der Waals surface area contributed by atoms with E-state index in [0.29, 0.717) is 10.5 Å². The van der Waals surface area contributed by atoms with Crippen molar-refractivity contribution in [1.29, 1.82) is 0 Å². The summed E-state index contributed by atoms with van der Waals surface area (Å²) in [4.78, 5) is 2.46. The molecule has 1 saturated heterocycles. The van der Waals surface area contributed by atoms with Gasteiger partial charge in [-0.3, -0.25) is 4.90 Å². The zero-order chi connectivity index (χ0) is 11.0. The summed E-state index contributed by atoms with van der Waals surface area (Å²) in [6.45, 7) is 8.97. The first-order valence-electron chi connectivity index (χ1n) is 5.30. The highest BCUT2D eigenvalue weighted by atomic mass is 35.5. The summed E-state index contributed by atoms with van der Waals surface area (Å²) in [7, 11) is 0. The van der Waals surface area contributed by atoms with Crippen LogP contribution >= 0.6 is 22.9 Å². The molecule has 3 atom stereocenters. The lowest BCUT2D eigenvalue weighted by molar-refractivity contribution is 0.238. The third-order valence-electron chi connectivity index (χ3n) is 3.54. The van der Waals surface area contributed by atoms with Gasteiger partial charge in [0.25, 0.3) is 0 Å². The van der Waals surface area contributed by atoms with Crippen molar-refractivity contribution in [2.24, 2.45) is 11.8 Å². The first-order valence-corrected chi connectivity index (χ1v) is 6.49. The van der Waals surface area contributed by atoms with Gasteiger partial charge in [-0.1, -0.05) is 25.2 Å². The van der Waals surface area contributed by atoms with Crippen LogP contribution in [0.4, 0.5) is 0 Å². The Balaban J connectivity index is 2.01. The Morgan fingerprint density at radius 3 is 2.60 bits per heavy atom. The molecular weight excluding hydrogens is 230 g/mol. The second kappa shape index (κ2) is 4.36. The summed E-state index contributed by atoms with van der Waals surface area (Å²) in [5, 5.41) is 8.91. The highest BCUT2D eigenvalue weighted by Crippen LogP contribution is 2.30. The Labute approximate surface area is 99.5 Å². The molecule has 1 aliphatic rings. The van der Waals surface area contributed by atoms with Crippen molar-refractivity contribution in [1.82, 2.24) is 15.1 Å². The van der Waals surface area contributed by atoms with E-state index in [1.807, 2.05) is 0 Å². The molecule has 0 aromatic carbocycles. The van der Waals surface area contributed by atoms with Gasteiger partial charge in [-0.15, -0.1) is 10.2 Å². The standard InChI is InChI=1S/C10H16ClN3S/c1-6-4-14(8(3)7(6)2)5-9-12-13-10(11)15-9/h6-8H,4-5H2,1-3H3. The van der Waals surface area contributed by atoms with Crippen molar-refractivity contribution >= 4 is 22.9 Å². The van der Waals surface area contributed by atoms with E-state index in [9.17, 15) is 0 Å². The van der Waals surface area contributed by atoms with E-state index in [1.54, 1.807) is 0 Å². The van der Waals surface area contributed by atoms with Gasteiger partial charge in [-0.25, -0.2) is 0 Å². The SMILES string of the molecule is CC1CN(Cc2nnc(Cl)s2)C(C)C1C. The molecule has 1 aromatic rings. The van der Waals surface area contributed by atoms with Crippen LogP contribution in [-0.4, -0.2) is 27.7 Å². The van der Waals surface area contributed by atoms with Crippen molar-refractivity contribution in [3.05, 3.63) is 9.47 Å². The molecule has 3 nitrogen and oxygen atoms in total. The Morgan fingerprint density at radius 1 is 1.40 bits per heavy atom. The molecule has 0 amide bonds. The van der Waals surface area contributed by atoms with Crippen LogP contribution in [0.15, 0.2) is 0 Å². The average Bonchev–Trinajstić information content (AvgIpc) is 2.68. The van der Waals surface area contributed by atoms with Gasteiger partial charge in [0.15, 0.2) is 0 Å². The first kappa shape index (κ1) is 11.3. The molecule has 1 fully saturated rings. The summed E-state index contributed by atoms with van der Waals surface area (Å²) < 4.78 is 0.540. The fourth-order valence-electron chi connectivity index (χ4n) is 2.19. The summed E-state index contributed by atoms with van der Waals surface area (Å²) >= 11 is 7.25. The van der Waals surface area contributed by atoms with Gasteiger partial charge in [-0.05, 0) is 30.4 Å². The van der Waals surface area contributed by atoms with Crippen LogP contribution in [0.5, 0.6) is 0 Å². The Kier molecular flexibility index (Phi) is 3.28. The summed E-state index contributed by atoms with van der Waals surface area (Å²) in [5.74, 6) is 1.52. The van der Waals surface area contributed by atoms with Crippen LogP contribution < -0.4 is 0 Å². The van der Waals surface area contributed by atoms with Crippen molar-refractivity contribution in [3.63, 3.8) is 0 Å². The Hall–Kier alpha value is -0.190. The van der Waals surface area contributed by atoms with E-state index in [2.05, 4.69) is 35.9 Å². The number of aromatic nitrogens is 2. The van der Waals surface area contributed by atoms with Gasteiger partial charge in [0.05, 0.1) is 6.54 Å². The summed E-state index contributed by atoms with van der Waals surface area (Å²) in [5.41, 5.74) is 0. The second-order valence-electron chi connectivity index (χ2n) is 4.46. The smallest absolute Gasteiger partial charge is 0.207 e. The minimum absolute atomic E-state index is 0.540. The van der Waals surface area contributed by atoms with Crippen LogP contribution in [0.25, 0.3) is 0 Å². The molecule has 1 aromatic heterocycles. The predicted molar refractivity (Wildman–Crippen MR) is 63.1 cm³/mol. The number of rotatable bonds is 2. The molecule has 0 aliphatic carbocycles. The largest absolute Gasteiger partial charge is 0.293 e. The molecule has 0 saturated carbocycles. The van der Waals surface area contributed by atoms with Crippen LogP contribution in [0, 0.1) is 11.8 Å².